The fourth-order valence-electron chi connectivity index (χ4n) is 4.69. The zero-order valence-electron chi connectivity index (χ0n) is 25.5. The number of aromatic nitrogens is 6. The highest BCUT2D eigenvalue weighted by molar-refractivity contribution is 5.96. The van der Waals surface area contributed by atoms with E-state index < -0.39 is 0 Å². The van der Waals surface area contributed by atoms with E-state index in [1.54, 1.807) is 11.6 Å². The zero-order valence-corrected chi connectivity index (χ0v) is 25.5. The summed E-state index contributed by atoms with van der Waals surface area (Å²) < 4.78 is 14.8. The van der Waals surface area contributed by atoms with Crippen molar-refractivity contribution >= 4 is 5.91 Å². The van der Waals surface area contributed by atoms with E-state index in [0.29, 0.717) is 36.2 Å². The molecule has 1 atom stereocenters. The topological polar surface area (TPSA) is 116 Å². The molecule has 224 valence electrons. The highest BCUT2D eigenvalue weighted by atomic mass is 16.5. The summed E-state index contributed by atoms with van der Waals surface area (Å²) in [5.41, 5.74) is 6.11. The lowest BCUT2D eigenvalue weighted by atomic mass is 9.96. The fraction of sp³-hybridized carbons (Fsp3) is 0.344. The van der Waals surface area contributed by atoms with Gasteiger partial charge in [-0.25, -0.2) is 0 Å². The maximum absolute atomic E-state index is 13.5. The zero-order chi connectivity index (χ0) is 30.5. The van der Waals surface area contributed by atoms with Crippen molar-refractivity contribution in [2.45, 2.75) is 46.8 Å². The lowest BCUT2D eigenvalue weighted by Gasteiger charge is -2.18. The molecule has 0 unspecified atom stereocenters. The van der Waals surface area contributed by atoms with Gasteiger partial charge in [0, 0.05) is 42.2 Å². The van der Waals surface area contributed by atoms with Gasteiger partial charge in [0.25, 0.3) is 5.91 Å². The molecule has 11 heteroatoms. The molecule has 0 aliphatic carbocycles. The molecule has 0 radical (unpaired) electrons. The van der Waals surface area contributed by atoms with Crippen molar-refractivity contribution in [3.05, 3.63) is 89.5 Å². The monoisotopic (exact) mass is 582 g/mol. The first kappa shape index (κ1) is 29.7. The third-order valence-corrected chi connectivity index (χ3v) is 7.16. The molecular weight excluding hydrogens is 544 g/mol. The van der Waals surface area contributed by atoms with Crippen LogP contribution in [-0.2, 0) is 13.1 Å². The normalized spacial score (nSPS) is 12.1. The maximum Gasteiger partial charge on any atom is 0.252 e. The number of nitrogens with zero attached hydrogens (tertiary/aromatic N) is 7. The number of carbonyl (C=O) groups is 1. The Kier molecular flexibility index (Phi) is 9.01. The predicted molar refractivity (Wildman–Crippen MR) is 164 cm³/mol. The van der Waals surface area contributed by atoms with Gasteiger partial charge in [-0.05, 0) is 94.9 Å². The number of nitrogens with one attached hydrogen (secondary N) is 1. The molecule has 2 aromatic carbocycles. The van der Waals surface area contributed by atoms with Crippen LogP contribution in [0.15, 0.2) is 65.6 Å². The average Bonchev–Trinajstić information content (AvgIpc) is 3.75. The molecule has 5 aromatic rings. The van der Waals surface area contributed by atoms with Crippen LogP contribution in [0.25, 0.3) is 22.4 Å². The Morgan fingerprint density at radius 2 is 1.88 bits per heavy atom. The molecular formula is C32H38N8O3. The van der Waals surface area contributed by atoms with Crippen molar-refractivity contribution in [3.63, 3.8) is 0 Å². The number of likely N-dealkylation sites (N-methyl/N-ethyl adjacent to an activating group) is 1. The molecule has 1 N–H and O–H groups in total. The molecule has 0 saturated heterocycles. The molecule has 0 spiro atoms. The first-order chi connectivity index (χ1) is 20.7. The summed E-state index contributed by atoms with van der Waals surface area (Å²) in [5, 5.41) is 16.3. The molecule has 43 heavy (non-hydrogen) atoms. The summed E-state index contributed by atoms with van der Waals surface area (Å²) in [4.78, 5) is 19.8. The van der Waals surface area contributed by atoms with Crippen molar-refractivity contribution in [1.82, 2.24) is 39.9 Å². The van der Waals surface area contributed by atoms with E-state index in [0.717, 1.165) is 46.6 Å². The van der Waals surface area contributed by atoms with E-state index in [1.165, 1.54) is 0 Å². The third-order valence-electron chi connectivity index (χ3n) is 7.16. The summed E-state index contributed by atoms with van der Waals surface area (Å²) in [6.45, 7) is 10.2. The molecule has 5 rings (SSSR count). The summed E-state index contributed by atoms with van der Waals surface area (Å²) in [7, 11) is 4.00. The molecule has 11 nitrogen and oxygen atoms in total. The van der Waals surface area contributed by atoms with E-state index in [9.17, 15) is 4.79 Å². The largest absolute Gasteiger partial charge is 0.492 e. The first-order valence-electron chi connectivity index (χ1n) is 14.4. The minimum Gasteiger partial charge on any atom is -0.492 e. The number of carbonyl (C=O) groups excluding carboxylic acids is 1. The van der Waals surface area contributed by atoms with Crippen LogP contribution in [-0.4, -0.2) is 67.8 Å². The van der Waals surface area contributed by atoms with Gasteiger partial charge in [0.15, 0.2) is 5.82 Å². The number of hydrogen-bond acceptors (Lipinski definition) is 8. The molecule has 0 aliphatic rings. The number of amides is 1. The molecule has 3 aromatic heterocycles. The quantitative estimate of drug-likeness (QED) is 0.221. The third kappa shape index (κ3) is 7.36. The number of ether oxygens (including phenoxy) is 1. The van der Waals surface area contributed by atoms with Crippen molar-refractivity contribution in [3.8, 4) is 28.1 Å². The van der Waals surface area contributed by atoms with Crippen molar-refractivity contribution in [1.29, 1.82) is 0 Å². The van der Waals surface area contributed by atoms with Gasteiger partial charge in [0.2, 0.25) is 5.89 Å². The van der Waals surface area contributed by atoms with Crippen LogP contribution in [0.5, 0.6) is 5.75 Å². The Morgan fingerprint density at radius 3 is 2.60 bits per heavy atom. The van der Waals surface area contributed by atoms with Gasteiger partial charge >= 0.3 is 0 Å². The molecule has 0 aliphatic heterocycles. The highest BCUT2D eigenvalue weighted by Crippen LogP contribution is 2.30. The molecule has 0 fully saturated rings. The summed E-state index contributed by atoms with van der Waals surface area (Å²) in [5.74, 6) is 1.59. The van der Waals surface area contributed by atoms with Crippen molar-refractivity contribution in [2.75, 3.05) is 27.2 Å². The van der Waals surface area contributed by atoms with Crippen LogP contribution < -0.4 is 10.1 Å². The number of rotatable bonds is 12. The van der Waals surface area contributed by atoms with Gasteiger partial charge in [0.1, 0.15) is 18.9 Å². The smallest absolute Gasteiger partial charge is 0.252 e. The van der Waals surface area contributed by atoms with Gasteiger partial charge in [-0.2, -0.15) is 15.2 Å². The maximum atomic E-state index is 13.5. The minimum absolute atomic E-state index is 0.159. The molecule has 1 amide bonds. The Bertz CT molecular complexity index is 1700. The van der Waals surface area contributed by atoms with E-state index in [-0.39, 0.29) is 11.9 Å². The van der Waals surface area contributed by atoms with Gasteiger partial charge in [0.05, 0.1) is 17.9 Å². The Labute approximate surface area is 251 Å². The lowest BCUT2D eigenvalue weighted by Crippen LogP contribution is -2.27. The molecule has 0 bridgehead atoms. The van der Waals surface area contributed by atoms with Gasteiger partial charge in [-0.1, -0.05) is 11.2 Å². The fourth-order valence-corrected chi connectivity index (χ4v) is 4.69. The standard InChI is InChI=1S/C32H38N8O3/c1-7-39-11-10-30(36-39)26-15-24(14-25(16-26)27-18-33-40(19-27)20-31-35-23(4)37-43-31)22(3)34-32(41)29-17-28(9-8-21(29)2)42-13-12-38(5)6/h8-11,14-19,22H,7,12-13,20H2,1-6H3,(H,34,41)/t22-/m1/s1. The van der Waals surface area contributed by atoms with Crippen molar-refractivity contribution in [2.24, 2.45) is 0 Å². The second kappa shape index (κ2) is 13.0. The second-order valence-corrected chi connectivity index (χ2v) is 10.9. The van der Waals surface area contributed by atoms with Gasteiger partial charge in [-0.3, -0.25) is 14.2 Å². The van der Waals surface area contributed by atoms with E-state index >= 15 is 0 Å². The minimum atomic E-state index is -0.284. The van der Waals surface area contributed by atoms with Crippen molar-refractivity contribution < 1.29 is 14.1 Å². The van der Waals surface area contributed by atoms with Crippen LogP contribution in [0, 0.1) is 13.8 Å². The number of benzene rings is 2. The molecule has 3 heterocycles. The Hall–Kier alpha value is -4.77. The van der Waals surface area contributed by atoms with Crippen LogP contribution in [0.1, 0.15) is 53.1 Å². The van der Waals surface area contributed by atoms with Crippen LogP contribution >= 0.6 is 0 Å². The SMILES string of the molecule is CCn1ccc(-c2cc(-c3cnn(Cc4nc(C)no4)c3)cc([C@@H](C)NC(=O)c3cc(OCCN(C)C)ccc3C)c2)n1. The van der Waals surface area contributed by atoms with Crippen LogP contribution in [0.4, 0.5) is 0 Å². The highest BCUT2D eigenvalue weighted by Gasteiger charge is 2.18. The van der Waals surface area contributed by atoms with E-state index in [4.69, 9.17) is 14.4 Å². The Morgan fingerprint density at radius 1 is 1.07 bits per heavy atom. The first-order valence-corrected chi connectivity index (χ1v) is 14.4. The Balaban J connectivity index is 1.41. The van der Waals surface area contributed by atoms with Gasteiger partial charge in [-0.15, -0.1) is 0 Å². The van der Waals surface area contributed by atoms with Crippen LogP contribution in [0.3, 0.4) is 0 Å². The summed E-state index contributed by atoms with van der Waals surface area (Å²) in [6.07, 6.45) is 5.72. The number of hydrogen-bond donors (Lipinski definition) is 1. The lowest BCUT2D eigenvalue weighted by molar-refractivity contribution is 0.0938. The van der Waals surface area contributed by atoms with Gasteiger partial charge < -0.3 is 19.5 Å². The van der Waals surface area contributed by atoms with E-state index in [1.807, 2.05) is 75.5 Å². The summed E-state index contributed by atoms with van der Waals surface area (Å²) in [6, 6.07) is 13.6. The average molecular weight is 583 g/mol. The van der Waals surface area contributed by atoms with Crippen LogP contribution in [0.2, 0.25) is 0 Å². The summed E-state index contributed by atoms with van der Waals surface area (Å²) >= 11 is 0. The molecule has 0 saturated carbocycles. The number of aryl methyl sites for hydroxylation is 3. The second-order valence-electron chi connectivity index (χ2n) is 10.9. The van der Waals surface area contributed by atoms with E-state index in [2.05, 4.69) is 50.6 Å². The predicted octanol–water partition coefficient (Wildman–Crippen LogP) is 4.91.